The van der Waals surface area contributed by atoms with E-state index in [2.05, 4.69) is 38.9 Å². The molecule has 0 saturated carbocycles. The van der Waals surface area contributed by atoms with Gasteiger partial charge in [0.15, 0.2) is 11.5 Å². The number of fused-ring (bicyclic) bond motifs is 1. The maximum Gasteiger partial charge on any atom is 0.290 e. The Kier molecular flexibility index (Phi) is 6.81. The number of methoxy groups -OCH3 is 1. The van der Waals surface area contributed by atoms with E-state index in [-0.39, 0.29) is 12.5 Å². The van der Waals surface area contributed by atoms with Gasteiger partial charge in [0.25, 0.3) is 6.47 Å². The highest BCUT2D eigenvalue weighted by Gasteiger charge is 2.32. The summed E-state index contributed by atoms with van der Waals surface area (Å²) in [6, 6.07) is 10.3. The number of ether oxygens (including phenoxy) is 3. The molecule has 1 fully saturated rings. The third kappa shape index (κ3) is 4.50. The quantitative estimate of drug-likeness (QED) is 0.614. The van der Waals surface area contributed by atoms with E-state index in [1.807, 2.05) is 36.8 Å². The molecule has 0 unspecified atom stereocenters. The molecular formula is C24H25N3O5. The van der Waals surface area contributed by atoms with Crippen molar-refractivity contribution < 1.29 is 24.1 Å². The third-order valence-electron chi connectivity index (χ3n) is 5.66. The van der Waals surface area contributed by atoms with E-state index >= 15 is 0 Å². The Morgan fingerprint density at radius 3 is 2.81 bits per heavy atom. The first-order chi connectivity index (χ1) is 15.7. The van der Waals surface area contributed by atoms with Crippen LogP contribution >= 0.6 is 0 Å². The molecule has 3 aromatic rings. The van der Waals surface area contributed by atoms with Crippen LogP contribution in [0.25, 0.3) is 11.6 Å². The molecule has 32 heavy (non-hydrogen) atoms. The molecule has 2 aromatic heterocycles. The number of pyridine rings is 1. The second-order valence-corrected chi connectivity index (χ2v) is 7.52. The van der Waals surface area contributed by atoms with Crippen molar-refractivity contribution in [3.8, 4) is 11.5 Å². The van der Waals surface area contributed by atoms with Gasteiger partial charge in [-0.1, -0.05) is 12.1 Å². The molecule has 0 spiro atoms. The molecule has 2 aliphatic heterocycles. The van der Waals surface area contributed by atoms with Gasteiger partial charge in [0.2, 0.25) is 0 Å². The molecule has 1 saturated heterocycles. The fourth-order valence-corrected chi connectivity index (χ4v) is 4.21. The number of hydrogen-bond acceptors (Lipinski definition) is 6. The average Bonchev–Trinajstić information content (AvgIpc) is 3.49. The van der Waals surface area contributed by atoms with Crippen molar-refractivity contribution in [2.45, 2.75) is 12.5 Å². The summed E-state index contributed by atoms with van der Waals surface area (Å²) in [6.45, 7) is 1.66. The van der Waals surface area contributed by atoms with E-state index in [4.69, 9.17) is 24.1 Å². The molecule has 4 heterocycles. The summed E-state index contributed by atoms with van der Waals surface area (Å²) >= 11 is 0. The van der Waals surface area contributed by atoms with E-state index in [1.54, 1.807) is 7.11 Å². The SMILES string of the molecule is COc1cccc2c1OCC(c1nccn1[C@@H]1COC[C@@H]1Cc1ccncc1)=C2.O=CO. The van der Waals surface area contributed by atoms with Gasteiger partial charge in [-0.05, 0) is 36.3 Å². The maximum absolute atomic E-state index is 8.36. The zero-order chi connectivity index (χ0) is 22.3. The highest BCUT2D eigenvalue weighted by molar-refractivity contribution is 5.84. The second-order valence-electron chi connectivity index (χ2n) is 7.52. The highest BCUT2D eigenvalue weighted by Crippen LogP contribution is 2.38. The first kappa shape index (κ1) is 21.6. The standard InChI is InChI=1S/C23H23N3O3.CH2O2/c1-27-21-4-2-3-17-12-19(14-29-22(17)21)23-25-9-10-26(23)20-15-28-13-18(20)11-16-5-7-24-8-6-16;2-1-3/h2-10,12,18,20H,11,13-15H2,1H3;1H,(H,2,3)/t18-,20+;/m0./s1. The van der Waals surface area contributed by atoms with Gasteiger partial charge in [-0.15, -0.1) is 0 Å². The lowest BCUT2D eigenvalue weighted by molar-refractivity contribution is -0.122. The predicted molar refractivity (Wildman–Crippen MR) is 119 cm³/mol. The normalized spacial score (nSPS) is 19.1. The monoisotopic (exact) mass is 435 g/mol. The fourth-order valence-electron chi connectivity index (χ4n) is 4.21. The van der Waals surface area contributed by atoms with Crippen LogP contribution in [0.4, 0.5) is 0 Å². The lowest BCUT2D eigenvalue weighted by Crippen LogP contribution is -2.22. The van der Waals surface area contributed by atoms with Crippen molar-refractivity contribution in [3.63, 3.8) is 0 Å². The van der Waals surface area contributed by atoms with Gasteiger partial charge in [0.1, 0.15) is 12.4 Å². The van der Waals surface area contributed by atoms with Gasteiger partial charge in [-0.3, -0.25) is 9.78 Å². The number of nitrogens with zero attached hydrogens (tertiary/aromatic N) is 3. The summed E-state index contributed by atoms with van der Waals surface area (Å²) in [5.41, 5.74) is 3.35. The molecule has 0 radical (unpaired) electrons. The molecule has 0 amide bonds. The van der Waals surface area contributed by atoms with Gasteiger partial charge in [0, 0.05) is 41.8 Å². The first-order valence-electron chi connectivity index (χ1n) is 10.3. The molecule has 8 heteroatoms. The number of aromatic nitrogens is 3. The molecule has 2 atom stereocenters. The van der Waals surface area contributed by atoms with Crippen molar-refractivity contribution in [1.29, 1.82) is 0 Å². The van der Waals surface area contributed by atoms with Crippen LogP contribution < -0.4 is 9.47 Å². The predicted octanol–water partition coefficient (Wildman–Crippen LogP) is 3.35. The minimum atomic E-state index is -0.250. The Labute approximate surface area is 186 Å². The number of carboxylic acid groups (broad SMARTS) is 1. The average molecular weight is 435 g/mol. The molecular weight excluding hydrogens is 410 g/mol. The van der Waals surface area contributed by atoms with Gasteiger partial charge in [-0.25, -0.2) is 4.98 Å². The molecule has 0 bridgehead atoms. The van der Waals surface area contributed by atoms with E-state index in [0.29, 0.717) is 19.1 Å². The zero-order valence-corrected chi connectivity index (χ0v) is 17.8. The van der Waals surface area contributed by atoms with Crippen LogP contribution in [0.2, 0.25) is 0 Å². The van der Waals surface area contributed by atoms with Gasteiger partial charge >= 0.3 is 0 Å². The van der Waals surface area contributed by atoms with Crippen LogP contribution in [0, 0.1) is 5.92 Å². The fraction of sp³-hybridized carbons (Fsp3) is 0.292. The highest BCUT2D eigenvalue weighted by atomic mass is 16.5. The zero-order valence-electron chi connectivity index (χ0n) is 17.8. The molecule has 1 N–H and O–H groups in total. The smallest absolute Gasteiger partial charge is 0.290 e. The second kappa shape index (κ2) is 10.1. The van der Waals surface area contributed by atoms with E-state index in [0.717, 1.165) is 41.5 Å². The molecule has 166 valence electrons. The number of imidazole rings is 1. The van der Waals surface area contributed by atoms with Crippen LogP contribution in [-0.4, -0.2) is 53.0 Å². The maximum atomic E-state index is 8.36. The van der Waals surface area contributed by atoms with Gasteiger partial charge < -0.3 is 23.9 Å². The lowest BCUT2D eigenvalue weighted by atomic mass is 9.95. The van der Waals surface area contributed by atoms with Crippen LogP contribution in [0.5, 0.6) is 11.5 Å². The van der Waals surface area contributed by atoms with Crippen molar-refractivity contribution >= 4 is 18.1 Å². The van der Waals surface area contributed by atoms with Crippen LogP contribution in [-0.2, 0) is 16.0 Å². The summed E-state index contributed by atoms with van der Waals surface area (Å²) in [5, 5.41) is 6.89. The number of para-hydroxylation sites is 1. The van der Waals surface area contributed by atoms with Crippen molar-refractivity contribution in [3.05, 3.63) is 72.1 Å². The van der Waals surface area contributed by atoms with Gasteiger partial charge in [0.05, 0.1) is 26.4 Å². The summed E-state index contributed by atoms with van der Waals surface area (Å²) in [7, 11) is 1.66. The summed E-state index contributed by atoms with van der Waals surface area (Å²) in [4.78, 5) is 17.1. The van der Waals surface area contributed by atoms with E-state index < -0.39 is 0 Å². The molecule has 8 nitrogen and oxygen atoms in total. The molecule has 5 rings (SSSR count). The Balaban J connectivity index is 0.000000775. The molecule has 1 aromatic carbocycles. The number of hydrogen-bond donors (Lipinski definition) is 1. The van der Waals surface area contributed by atoms with Crippen LogP contribution in [0.1, 0.15) is 23.0 Å². The molecule has 2 aliphatic rings. The minimum Gasteiger partial charge on any atom is -0.493 e. The Bertz CT molecular complexity index is 1080. The lowest BCUT2D eigenvalue weighted by Gasteiger charge is -2.24. The minimum absolute atomic E-state index is 0.244. The number of rotatable bonds is 5. The van der Waals surface area contributed by atoms with E-state index in [1.165, 1.54) is 5.56 Å². The van der Waals surface area contributed by atoms with Crippen molar-refractivity contribution in [1.82, 2.24) is 14.5 Å². The Morgan fingerprint density at radius 2 is 2.03 bits per heavy atom. The molecule has 0 aliphatic carbocycles. The summed E-state index contributed by atoms with van der Waals surface area (Å²) < 4.78 is 19.6. The number of carbonyl (C=O) groups is 1. The van der Waals surface area contributed by atoms with Crippen molar-refractivity contribution in [2.24, 2.45) is 5.92 Å². The topological polar surface area (TPSA) is 95.7 Å². The third-order valence-corrected chi connectivity index (χ3v) is 5.66. The number of benzene rings is 1. The Morgan fingerprint density at radius 1 is 1.22 bits per heavy atom. The largest absolute Gasteiger partial charge is 0.493 e. The van der Waals surface area contributed by atoms with Crippen LogP contribution in [0.3, 0.4) is 0 Å². The van der Waals surface area contributed by atoms with Gasteiger partial charge in [-0.2, -0.15) is 0 Å². The summed E-state index contributed by atoms with van der Waals surface area (Å²) in [5.74, 6) is 2.87. The first-order valence-corrected chi connectivity index (χ1v) is 10.3. The van der Waals surface area contributed by atoms with E-state index in [9.17, 15) is 0 Å². The Hall–Kier alpha value is -3.65. The summed E-state index contributed by atoms with van der Waals surface area (Å²) in [6.07, 6.45) is 10.7. The van der Waals surface area contributed by atoms with Crippen LogP contribution in [0.15, 0.2) is 55.1 Å². The van der Waals surface area contributed by atoms with Crippen molar-refractivity contribution in [2.75, 3.05) is 26.9 Å².